The zero-order valence-electron chi connectivity index (χ0n) is 6.90. The second-order valence-electron chi connectivity index (χ2n) is 2.75. The quantitative estimate of drug-likeness (QED) is 0.698. The van der Waals surface area contributed by atoms with Crippen molar-refractivity contribution >= 4 is 5.69 Å². The second-order valence-corrected chi connectivity index (χ2v) is 2.75. The van der Waals surface area contributed by atoms with Gasteiger partial charge in [0.1, 0.15) is 5.75 Å². The van der Waals surface area contributed by atoms with Crippen molar-refractivity contribution < 1.29 is 9.52 Å². The van der Waals surface area contributed by atoms with E-state index in [2.05, 4.69) is 0 Å². The maximum atomic E-state index is 9.06. The second kappa shape index (κ2) is 2.86. The molecule has 1 aromatic heterocycles. The van der Waals surface area contributed by atoms with E-state index in [0.29, 0.717) is 11.4 Å². The van der Waals surface area contributed by atoms with Crippen LogP contribution in [0.25, 0.3) is 11.3 Å². The number of phenols is 1. The highest BCUT2D eigenvalue weighted by Crippen LogP contribution is 2.27. The minimum Gasteiger partial charge on any atom is -0.508 e. The van der Waals surface area contributed by atoms with Crippen LogP contribution in [0.15, 0.2) is 41.0 Å². The number of furan rings is 1. The number of nitrogen functional groups attached to an aromatic ring is 1. The molecule has 0 fully saturated rings. The summed E-state index contributed by atoms with van der Waals surface area (Å²) in [5.41, 5.74) is 7.12. The van der Waals surface area contributed by atoms with E-state index in [1.807, 2.05) is 0 Å². The number of nitrogens with two attached hydrogens (primary N) is 1. The molecular formula is C10H9NO2. The van der Waals surface area contributed by atoms with Gasteiger partial charge in [0.25, 0.3) is 0 Å². The van der Waals surface area contributed by atoms with Crippen LogP contribution in [-0.2, 0) is 0 Å². The van der Waals surface area contributed by atoms with Crippen molar-refractivity contribution in [2.24, 2.45) is 0 Å². The zero-order valence-corrected chi connectivity index (χ0v) is 6.90. The molecule has 0 spiro atoms. The summed E-state index contributed by atoms with van der Waals surface area (Å²) >= 11 is 0. The Morgan fingerprint density at radius 3 is 2.31 bits per heavy atom. The third kappa shape index (κ3) is 1.36. The van der Waals surface area contributed by atoms with E-state index in [9.17, 15) is 0 Å². The molecule has 3 nitrogen and oxygen atoms in total. The van der Waals surface area contributed by atoms with Crippen LogP contribution >= 0.6 is 0 Å². The maximum Gasteiger partial charge on any atom is 0.156 e. The molecule has 0 atom stereocenters. The van der Waals surface area contributed by atoms with E-state index < -0.39 is 0 Å². The van der Waals surface area contributed by atoms with Crippen LogP contribution in [0.1, 0.15) is 0 Å². The van der Waals surface area contributed by atoms with Crippen LogP contribution in [0.3, 0.4) is 0 Å². The van der Waals surface area contributed by atoms with Crippen LogP contribution in [0, 0.1) is 0 Å². The first kappa shape index (κ1) is 7.73. The lowest BCUT2D eigenvalue weighted by molar-refractivity contribution is 0.475. The van der Waals surface area contributed by atoms with Gasteiger partial charge < -0.3 is 15.3 Å². The highest BCUT2D eigenvalue weighted by atomic mass is 16.3. The first-order chi connectivity index (χ1) is 6.27. The lowest BCUT2D eigenvalue weighted by Crippen LogP contribution is -1.83. The lowest BCUT2D eigenvalue weighted by Gasteiger charge is -1.98. The molecule has 1 aromatic carbocycles. The van der Waals surface area contributed by atoms with Gasteiger partial charge >= 0.3 is 0 Å². The molecule has 0 amide bonds. The predicted molar refractivity (Wildman–Crippen MR) is 50.2 cm³/mol. The third-order valence-electron chi connectivity index (χ3n) is 1.83. The average Bonchev–Trinajstić information content (AvgIpc) is 2.53. The van der Waals surface area contributed by atoms with Crippen molar-refractivity contribution in [2.75, 3.05) is 5.73 Å². The van der Waals surface area contributed by atoms with E-state index in [1.165, 1.54) is 6.26 Å². The van der Waals surface area contributed by atoms with E-state index >= 15 is 0 Å². The lowest BCUT2D eigenvalue weighted by atomic mass is 10.1. The van der Waals surface area contributed by atoms with Crippen molar-refractivity contribution in [3.05, 3.63) is 36.6 Å². The molecule has 1 heterocycles. The van der Waals surface area contributed by atoms with Crippen LogP contribution in [-0.4, -0.2) is 5.11 Å². The fourth-order valence-corrected chi connectivity index (χ4v) is 1.17. The van der Waals surface area contributed by atoms with Gasteiger partial charge in [-0.05, 0) is 24.3 Å². The van der Waals surface area contributed by atoms with Crippen molar-refractivity contribution in [3.63, 3.8) is 0 Å². The first-order valence-electron chi connectivity index (χ1n) is 3.90. The van der Waals surface area contributed by atoms with Crippen molar-refractivity contribution in [2.45, 2.75) is 0 Å². The number of hydrogen-bond donors (Lipinski definition) is 2. The highest BCUT2D eigenvalue weighted by Gasteiger charge is 2.04. The molecule has 2 rings (SSSR count). The van der Waals surface area contributed by atoms with Crippen molar-refractivity contribution in [1.82, 2.24) is 0 Å². The summed E-state index contributed by atoms with van der Waals surface area (Å²) in [5, 5.41) is 9.06. The Morgan fingerprint density at radius 2 is 1.77 bits per heavy atom. The van der Waals surface area contributed by atoms with E-state index in [1.54, 1.807) is 30.3 Å². The van der Waals surface area contributed by atoms with Gasteiger partial charge in [0.15, 0.2) is 5.76 Å². The summed E-state index contributed by atoms with van der Waals surface area (Å²) in [6.45, 7) is 0. The molecule has 0 aliphatic carbocycles. The highest BCUT2D eigenvalue weighted by molar-refractivity contribution is 5.71. The fraction of sp³-hybridized carbons (Fsp3) is 0. The molecule has 0 bridgehead atoms. The molecule has 2 aromatic rings. The Morgan fingerprint density at radius 1 is 1.08 bits per heavy atom. The number of benzene rings is 1. The van der Waals surface area contributed by atoms with Gasteiger partial charge in [0, 0.05) is 11.6 Å². The molecule has 0 saturated heterocycles. The molecule has 0 unspecified atom stereocenters. The topological polar surface area (TPSA) is 59.4 Å². The number of phenolic OH excluding ortho intramolecular Hbond substituents is 1. The number of rotatable bonds is 1. The summed E-state index contributed by atoms with van der Waals surface area (Å²) in [7, 11) is 0. The van der Waals surface area contributed by atoms with Crippen LogP contribution in [0.2, 0.25) is 0 Å². The van der Waals surface area contributed by atoms with Gasteiger partial charge in [-0.15, -0.1) is 0 Å². The standard InChI is InChI=1S/C10H9NO2/c11-9-5-6-13-10(9)7-1-3-8(12)4-2-7/h1-6,12H,11H2. The summed E-state index contributed by atoms with van der Waals surface area (Å²) in [6.07, 6.45) is 1.54. The minimum absolute atomic E-state index is 0.230. The normalized spacial score (nSPS) is 10.2. The first-order valence-corrected chi connectivity index (χ1v) is 3.90. The summed E-state index contributed by atoms with van der Waals surface area (Å²) in [5.74, 6) is 0.869. The molecule has 3 heteroatoms. The predicted octanol–water partition coefficient (Wildman–Crippen LogP) is 2.23. The largest absolute Gasteiger partial charge is 0.508 e. The van der Waals surface area contributed by atoms with E-state index in [0.717, 1.165) is 5.56 Å². The molecule has 0 aliphatic rings. The summed E-state index contributed by atoms with van der Waals surface area (Å²) < 4.78 is 5.18. The molecule has 3 N–H and O–H groups in total. The Labute approximate surface area is 75.4 Å². The Balaban J connectivity index is 2.47. The van der Waals surface area contributed by atoms with Gasteiger partial charge in [-0.1, -0.05) is 0 Å². The molecule has 0 saturated carbocycles. The Bertz CT molecular complexity index is 403. The van der Waals surface area contributed by atoms with Crippen LogP contribution < -0.4 is 5.73 Å². The average molecular weight is 175 g/mol. The Kier molecular flexibility index (Phi) is 1.70. The van der Waals surface area contributed by atoms with Crippen LogP contribution in [0.5, 0.6) is 5.75 Å². The van der Waals surface area contributed by atoms with E-state index in [4.69, 9.17) is 15.3 Å². The number of hydrogen-bond acceptors (Lipinski definition) is 3. The van der Waals surface area contributed by atoms with Gasteiger partial charge in [0.2, 0.25) is 0 Å². The van der Waals surface area contributed by atoms with Gasteiger partial charge in [-0.2, -0.15) is 0 Å². The molecule has 66 valence electrons. The zero-order chi connectivity index (χ0) is 9.26. The molecular weight excluding hydrogens is 166 g/mol. The number of anilines is 1. The van der Waals surface area contributed by atoms with E-state index in [-0.39, 0.29) is 5.75 Å². The van der Waals surface area contributed by atoms with Gasteiger partial charge in [-0.3, -0.25) is 0 Å². The Hall–Kier alpha value is -1.90. The van der Waals surface area contributed by atoms with Crippen molar-refractivity contribution in [1.29, 1.82) is 0 Å². The molecule has 13 heavy (non-hydrogen) atoms. The van der Waals surface area contributed by atoms with Gasteiger partial charge in [0.05, 0.1) is 12.0 Å². The summed E-state index contributed by atoms with van der Waals surface area (Å²) in [6, 6.07) is 8.39. The third-order valence-corrected chi connectivity index (χ3v) is 1.83. The number of aromatic hydroxyl groups is 1. The molecule has 0 aliphatic heterocycles. The smallest absolute Gasteiger partial charge is 0.156 e. The summed E-state index contributed by atoms with van der Waals surface area (Å²) in [4.78, 5) is 0. The van der Waals surface area contributed by atoms with Crippen LogP contribution in [0.4, 0.5) is 5.69 Å². The SMILES string of the molecule is Nc1ccoc1-c1ccc(O)cc1. The fourth-order valence-electron chi connectivity index (χ4n) is 1.17. The van der Waals surface area contributed by atoms with Gasteiger partial charge in [-0.25, -0.2) is 0 Å². The van der Waals surface area contributed by atoms with Crippen molar-refractivity contribution in [3.8, 4) is 17.1 Å². The molecule has 0 radical (unpaired) electrons. The monoisotopic (exact) mass is 175 g/mol. The maximum absolute atomic E-state index is 9.06. The minimum atomic E-state index is 0.230.